The maximum atomic E-state index is 2.49. The monoisotopic (exact) mass is 745 g/mol. The Morgan fingerprint density at radius 2 is 0.982 bits per heavy atom. The molecule has 0 amide bonds. The summed E-state index contributed by atoms with van der Waals surface area (Å²) < 4.78 is 2.58. The van der Waals surface area contributed by atoms with Crippen LogP contribution >= 0.6 is 11.3 Å². The van der Waals surface area contributed by atoms with Crippen LogP contribution in [0.5, 0.6) is 0 Å². The van der Waals surface area contributed by atoms with Gasteiger partial charge in [0.05, 0.1) is 16.1 Å². The molecule has 0 unspecified atom stereocenters. The Morgan fingerprint density at radius 1 is 0.404 bits per heavy atom. The summed E-state index contributed by atoms with van der Waals surface area (Å²) in [5.74, 6) is 0. The van der Waals surface area contributed by atoms with E-state index >= 15 is 0 Å². The molecule has 0 spiro atoms. The number of thiophene rings is 1. The SMILES string of the molecule is CC1(C)c2ccccc2-c2c(-c3ccc(N(c4ccccc4-c4cccc5cccc(-c6ccccc6)c45)c4cccc5c4sc4ccccc45)cc3)cccc21. The second-order valence-corrected chi connectivity index (χ2v) is 16.7. The molecule has 0 saturated carbocycles. The van der Waals surface area contributed by atoms with Crippen molar-refractivity contribution in [3.05, 3.63) is 211 Å². The van der Waals surface area contributed by atoms with Gasteiger partial charge in [-0.1, -0.05) is 184 Å². The molecule has 2 heteroatoms. The van der Waals surface area contributed by atoms with Crippen LogP contribution in [0.4, 0.5) is 17.1 Å². The van der Waals surface area contributed by atoms with Crippen molar-refractivity contribution in [2.75, 3.05) is 4.90 Å². The zero-order valence-corrected chi connectivity index (χ0v) is 32.7. The first kappa shape index (κ1) is 33.6. The average Bonchev–Trinajstić information content (AvgIpc) is 3.77. The maximum Gasteiger partial charge on any atom is 0.0640 e. The van der Waals surface area contributed by atoms with Gasteiger partial charge < -0.3 is 4.90 Å². The van der Waals surface area contributed by atoms with E-state index in [-0.39, 0.29) is 5.41 Å². The molecule has 1 aromatic heterocycles. The summed E-state index contributed by atoms with van der Waals surface area (Å²) in [5.41, 5.74) is 16.2. The summed E-state index contributed by atoms with van der Waals surface area (Å²) in [6, 6.07) is 73.8. The van der Waals surface area contributed by atoms with Crippen LogP contribution in [0.25, 0.3) is 75.5 Å². The van der Waals surface area contributed by atoms with Crippen molar-refractivity contribution in [1.82, 2.24) is 0 Å². The van der Waals surface area contributed by atoms with Crippen LogP contribution < -0.4 is 4.90 Å². The standard InChI is InChI=1S/C55H39NS/c1-55(2)47-27-9-6-22-46(47)53-41(24-14-28-48(53)55)37-32-34-39(35-33-37)56(50-30-15-26-45-43-21-8-11-31-51(43)57-54(45)50)49-29-10-7-20-42(49)44-25-13-19-38-18-12-23-40(52(38)44)36-16-4-3-5-17-36/h3-35H,1-2H3. The van der Waals surface area contributed by atoms with Crippen LogP contribution in [0.1, 0.15) is 25.0 Å². The fourth-order valence-electron chi connectivity index (χ4n) is 9.42. The maximum absolute atomic E-state index is 2.49. The molecule has 11 rings (SSSR count). The van der Waals surface area contributed by atoms with Gasteiger partial charge in [-0.05, 0) is 91.2 Å². The Morgan fingerprint density at radius 3 is 1.82 bits per heavy atom. The number of para-hydroxylation sites is 1. The average molecular weight is 746 g/mol. The zero-order valence-electron chi connectivity index (χ0n) is 31.9. The Kier molecular flexibility index (Phi) is 7.77. The van der Waals surface area contributed by atoms with Crippen LogP contribution in [0, 0.1) is 0 Å². The molecule has 0 N–H and O–H groups in total. The molecule has 1 heterocycles. The zero-order chi connectivity index (χ0) is 38.1. The van der Waals surface area contributed by atoms with Crippen molar-refractivity contribution in [1.29, 1.82) is 0 Å². The molecular formula is C55H39NS. The third kappa shape index (κ3) is 5.29. The summed E-state index contributed by atoms with van der Waals surface area (Å²) in [7, 11) is 0. The van der Waals surface area contributed by atoms with Gasteiger partial charge in [0.2, 0.25) is 0 Å². The van der Waals surface area contributed by atoms with E-state index in [1.807, 2.05) is 11.3 Å². The summed E-state index contributed by atoms with van der Waals surface area (Å²) in [6.45, 7) is 4.71. The van der Waals surface area contributed by atoms with E-state index in [4.69, 9.17) is 0 Å². The van der Waals surface area contributed by atoms with E-state index in [0.29, 0.717) is 0 Å². The van der Waals surface area contributed by atoms with Crippen LogP contribution in [-0.2, 0) is 5.41 Å². The van der Waals surface area contributed by atoms with Crippen molar-refractivity contribution in [2.45, 2.75) is 19.3 Å². The summed E-state index contributed by atoms with van der Waals surface area (Å²) >= 11 is 1.87. The lowest BCUT2D eigenvalue weighted by atomic mass is 9.82. The van der Waals surface area contributed by atoms with Gasteiger partial charge in [0.25, 0.3) is 0 Å². The molecule has 0 saturated heterocycles. The van der Waals surface area contributed by atoms with Crippen molar-refractivity contribution in [2.24, 2.45) is 0 Å². The Labute approximate surface area is 337 Å². The summed E-state index contributed by atoms with van der Waals surface area (Å²) in [4.78, 5) is 2.49. The van der Waals surface area contributed by atoms with E-state index in [1.54, 1.807) is 0 Å². The number of fused-ring (bicyclic) bond motifs is 7. The van der Waals surface area contributed by atoms with Crippen molar-refractivity contribution >= 4 is 59.3 Å². The minimum atomic E-state index is -0.0483. The lowest BCUT2D eigenvalue weighted by molar-refractivity contribution is 0.660. The number of nitrogens with zero attached hydrogens (tertiary/aromatic N) is 1. The van der Waals surface area contributed by atoms with Gasteiger partial charge in [-0.15, -0.1) is 11.3 Å². The number of rotatable bonds is 6. The van der Waals surface area contributed by atoms with Crippen LogP contribution in [0.15, 0.2) is 200 Å². The molecule has 1 aliphatic rings. The number of benzene rings is 9. The molecule has 1 nitrogen and oxygen atoms in total. The van der Waals surface area contributed by atoms with Crippen LogP contribution in [0.3, 0.4) is 0 Å². The van der Waals surface area contributed by atoms with Gasteiger partial charge in [-0.2, -0.15) is 0 Å². The van der Waals surface area contributed by atoms with Gasteiger partial charge in [-0.25, -0.2) is 0 Å². The molecule has 0 fully saturated rings. The Hall–Kier alpha value is -6.74. The third-order valence-corrected chi connectivity index (χ3v) is 13.3. The second kappa shape index (κ2) is 13.2. The highest BCUT2D eigenvalue weighted by atomic mass is 32.1. The predicted octanol–water partition coefficient (Wildman–Crippen LogP) is 16.0. The van der Waals surface area contributed by atoms with Gasteiger partial charge in [0.15, 0.2) is 0 Å². The molecule has 0 atom stereocenters. The molecule has 57 heavy (non-hydrogen) atoms. The molecule has 0 aliphatic heterocycles. The van der Waals surface area contributed by atoms with E-state index < -0.39 is 0 Å². The third-order valence-electron chi connectivity index (χ3n) is 12.1. The fourth-order valence-corrected chi connectivity index (χ4v) is 10.6. The minimum absolute atomic E-state index is 0.0483. The van der Waals surface area contributed by atoms with E-state index in [2.05, 4.69) is 219 Å². The van der Waals surface area contributed by atoms with Crippen LogP contribution in [-0.4, -0.2) is 0 Å². The van der Waals surface area contributed by atoms with Gasteiger partial charge >= 0.3 is 0 Å². The quantitative estimate of drug-likeness (QED) is 0.164. The first-order valence-electron chi connectivity index (χ1n) is 19.8. The Bertz CT molecular complexity index is 3150. The normalized spacial score (nSPS) is 12.9. The lowest BCUT2D eigenvalue weighted by Crippen LogP contribution is -2.14. The molecule has 9 aromatic carbocycles. The van der Waals surface area contributed by atoms with E-state index in [9.17, 15) is 0 Å². The molecular weight excluding hydrogens is 707 g/mol. The molecule has 1 aliphatic carbocycles. The molecule has 270 valence electrons. The highest BCUT2D eigenvalue weighted by Gasteiger charge is 2.36. The van der Waals surface area contributed by atoms with E-state index in [1.165, 1.54) is 92.3 Å². The number of anilines is 3. The molecule has 10 aromatic rings. The number of hydrogen-bond acceptors (Lipinski definition) is 2. The first-order valence-corrected chi connectivity index (χ1v) is 20.6. The van der Waals surface area contributed by atoms with E-state index in [0.717, 1.165) is 11.4 Å². The highest BCUT2D eigenvalue weighted by molar-refractivity contribution is 7.26. The van der Waals surface area contributed by atoms with Crippen LogP contribution in [0.2, 0.25) is 0 Å². The topological polar surface area (TPSA) is 3.24 Å². The smallest absolute Gasteiger partial charge is 0.0640 e. The van der Waals surface area contributed by atoms with Crippen molar-refractivity contribution in [3.8, 4) is 44.5 Å². The second-order valence-electron chi connectivity index (χ2n) is 15.6. The Balaban J connectivity index is 1.14. The predicted molar refractivity (Wildman–Crippen MR) is 245 cm³/mol. The summed E-state index contributed by atoms with van der Waals surface area (Å²) in [5, 5.41) is 5.07. The number of hydrogen-bond donors (Lipinski definition) is 0. The van der Waals surface area contributed by atoms with Gasteiger partial charge in [-0.3, -0.25) is 0 Å². The lowest BCUT2D eigenvalue weighted by Gasteiger charge is -2.29. The molecule has 0 bridgehead atoms. The van der Waals surface area contributed by atoms with Crippen molar-refractivity contribution < 1.29 is 0 Å². The minimum Gasteiger partial charge on any atom is -0.308 e. The van der Waals surface area contributed by atoms with Gasteiger partial charge in [0, 0.05) is 32.1 Å². The fraction of sp³-hybridized carbons (Fsp3) is 0.0545. The highest BCUT2D eigenvalue weighted by Crippen LogP contribution is 2.53. The first-order chi connectivity index (χ1) is 28.1. The van der Waals surface area contributed by atoms with Crippen molar-refractivity contribution in [3.63, 3.8) is 0 Å². The summed E-state index contributed by atoms with van der Waals surface area (Å²) in [6.07, 6.45) is 0. The molecule has 0 radical (unpaired) electrons. The largest absolute Gasteiger partial charge is 0.308 e. The van der Waals surface area contributed by atoms with Gasteiger partial charge in [0.1, 0.15) is 0 Å².